The molecule has 5 heteroatoms. The van der Waals surface area contributed by atoms with Crippen LogP contribution in [0.1, 0.15) is 50.1 Å². The third kappa shape index (κ3) is 5.27. The van der Waals surface area contributed by atoms with Crippen molar-refractivity contribution in [2.24, 2.45) is 5.92 Å². The number of amides is 1. The van der Waals surface area contributed by atoms with Gasteiger partial charge in [0.05, 0.1) is 18.2 Å². The minimum atomic E-state index is 0.0168. The maximum atomic E-state index is 12.6. The van der Waals surface area contributed by atoms with E-state index in [1.54, 1.807) is 22.7 Å². The van der Waals surface area contributed by atoms with Gasteiger partial charge >= 0.3 is 0 Å². The molecule has 1 aromatic carbocycles. The summed E-state index contributed by atoms with van der Waals surface area (Å²) in [6.45, 7) is 6.47. The molecule has 0 aliphatic rings. The third-order valence-corrected chi connectivity index (χ3v) is 6.15. The van der Waals surface area contributed by atoms with Gasteiger partial charge in [-0.3, -0.25) is 4.79 Å². The Morgan fingerprint density at radius 1 is 1.15 bits per heavy atom. The molecule has 3 rings (SSSR count). The number of thiophene rings is 1. The molecular formula is C22H26N2OS2. The highest BCUT2D eigenvalue weighted by molar-refractivity contribution is 7.14. The van der Waals surface area contributed by atoms with Crippen LogP contribution in [0.4, 0.5) is 0 Å². The van der Waals surface area contributed by atoms with Crippen molar-refractivity contribution in [2.75, 3.05) is 0 Å². The maximum Gasteiger partial charge on any atom is 0.226 e. The zero-order valence-corrected chi connectivity index (χ0v) is 17.7. The van der Waals surface area contributed by atoms with Gasteiger partial charge < -0.3 is 5.32 Å². The quantitative estimate of drug-likeness (QED) is 0.515. The number of nitrogens with one attached hydrogen (secondary N) is 1. The molecule has 0 radical (unpaired) electrons. The van der Waals surface area contributed by atoms with E-state index in [-0.39, 0.29) is 11.9 Å². The van der Waals surface area contributed by atoms with Gasteiger partial charge in [-0.2, -0.15) is 11.3 Å². The maximum absolute atomic E-state index is 12.6. The lowest BCUT2D eigenvalue weighted by atomic mass is 9.94. The molecule has 0 bridgehead atoms. The Kier molecular flexibility index (Phi) is 6.80. The summed E-state index contributed by atoms with van der Waals surface area (Å²) in [6.07, 6.45) is 2.55. The molecule has 1 unspecified atom stereocenters. The molecule has 1 amide bonds. The zero-order valence-electron chi connectivity index (χ0n) is 16.1. The SMILES string of the molecule is CCCc1ccc(C(NC(=O)Cc2csc(-c3ccsc3)n2)C(C)C)cc1. The van der Waals surface area contributed by atoms with Crippen molar-refractivity contribution in [1.29, 1.82) is 0 Å². The molecule has 0 saturated heterocycles. The Balaban J connectivity index is 1.65. The minimum Gasteiger partial charge on any atom is -0.349 e. The van der Waals surface area contributed by atoms with Crippen LogP contribution in [0.3, 0.4) is 0 Å². The summed E-state index contributed by atoms with van der Waals surface area (Å²) in [6, 6.07) is 10.7. The second kappa shape index (κ2) is 9.29. The molecule has 0 aliphatic heterocycles. The normalized spacial score (nSPS) is 12.3. The molecule has 142 valence electrons. The van der Waals surface area contributed by atoms with Crippen molar-refractivity contribution in [3.63, 3.8) is 0 Å². The lowest BCUT2D eigenvalue weighted by Crippen LogP contribution is -2.32. The van der Waals surface area contributed by atoms with Crippen LogP contribution >= 0.6 is 22.7 Å². The Morgan fingerprint density at radius 2 is 1.93 bits per heavy atom. The van der Waals surface area contributed by atoms with E-state index in [0.29, 0.717) is 12.3 Å². The number of carbonyl (C=O) groups is 1. The highest BCUT2D eigenvalue weighted by Crippen LogP contribution is 2.26. The van der Waals surface area contributed by atoms with Crippen LogP contribution in [0.2, 0.25) is 0 Å². The minimum absolute atomic E-state index is 0.0168. The third-order valence-electron chi connectivity index (χ3n) is 4.52. The molecule has 3 nitrogen and oxygen atoms in total. The molecular weight excluding hydrogens is 372 g/mol. The molecule has 0 aliphatic carbocycles. The Morgan fingerprint density at radius 3 is 2.56 bits per heavy atom. The summed E-state index contributed by atoms with van der Waals surface area (Å²) in [4.78, 5) is 17.2. The number of aromatic nitrogens is 1. The lowest BCUT2D eigenvalue weighted by molar-refractivity contribution is -0.121. The molecule has 0 fully saturated rings. The molecule has 0 spiro atoms. The van der Waals surface area contributed by atoms with Gasteiger partial charge in [-0.25, -0.2) is 4.98 Å². The highest BCUT2D eigenvalue weighted by Gasteiger charge is 2.19. The fraction of sp³-hybridized carbons (Fsp3) is 0.364. The average Bonchev–Trinajstić information content (AvgIpc) is 3.32. The number of aryl methyl sites for hydroxylation is 1. The van der Waals surface area contributed by atoms with E-state index in [4.69, 9.17) is 0 Å². The van der Waals surface area contributed by atoms with Gasteiger partial charge in [-0.1, -0.05) is 51.5 Å². The van der Waals surface area contributed by atoms with Crippen LogP contribution in [-0.2, 0) is 17.6 Å². The first-order valence-electron chi connectivity index (χ1n) is 9.42. The van der Waals surface area contributed by atoms with E-state index in [2.05, 4.69) is 66.8 Å². The molecule has 2 heterocycles. The van der Waals surface area contributed by atoms with Gasteiger partial charge in [0.25, 0.3) is 0 Å². The van der Waals surface area contributed by atoms with Crippen LogP contribution in [-0.4, -0.2) is 10.9 Å². The Labute approximate surface area is 169 Å². The van der Waals surface area contributed by atoms with Crippen LogP contribution in [0.25, 0.3) is 10.6 Å². The van der Waals surface area contributed by atoms with Gasteiger partial charge in [-0.05, 0) is 34.9 Å². The lowest BCUT2D eigenvalue weighted by Gasteiger charge is -2.23. The predicted molar refractivity (Wildman–Crippen MR) is 115 cm³/mol. The monoisotopic (exact) mass is 398 g/mol. The smallest absolute Gasteiger partial charge is 0.226 e. The van der Waals surface area contributed by atoms with Crippen molar-refractivity contribution in [3.05, 3.63) is 63.3 Å². The van der Waals surface area contributed by atoms with Crippen LogP contribution in [0, 0.1) is 5.92 Å². The topological polar surface area (TPSA) is 42.0 Å². The first-order chi connectivity index (χ1) is 13.1. The first-order valence-corrected chi connectivity index (χ1v) is 11.2. The number of rotatable bonds is 8. The van der Waals surface area contributed by atoms with Gasteiger partial charge in [0.1, 0.15) is 5.01 Å². The number of thiazole rings is 1. The summed E-state index contributed by atoms with van der Waals surface area (Å²) in [7, 11) is 0. The van der Waals surface area contributed by atoms with Crippen molar-refractivity contribution < 1.29 is 4.79 Å². The number of nitrogens with zero attached hydrogens (tertiary/aromatic N) is 1. The summed E-state index contributed by atoms with van der Waals surface area (Å²) < 4.78 is 0. The van der Waals surface area contributed by atoms with E-state index in [9.17, 15) is 4.79 Å². The van der Waals surface area contributed by atoms with E-state index in [1.165, 1.54) is 5.56 Å². The number of benzene rings is 1. The van der Waals surface area contributed by atoms with Gasteiger partial charge in [0, 0.05) is 16.3 Å². The van der Waals surface area contributed by atoms with Crippen LogP contribution in [0.15, 0.2) is 46.5 Å². The van der Waals surface area contributed by atoms with Gasteiger partial charge in [-0.15, -0.1) is 11.3 Å². The molecule has 27 heavy (non-hydrogen) atoms. The number of hydrogen-bond acceptors (Lipinski definition) is 4. The number of hydrogen-bond donors (Lipinski definition) is 1. The van der Waals surface area contributed by atoms with Crippen LogP contribution in [0.5, 0.6) is 0 Å². The van der Waals surface area contributed by atoms with E-state index < -0.39 is 0 Å². The van der Waals surface area contributed by atoms with Crippen LogP contribution < -0.4 is 5.32 Å². The van der Waals surface area contributed by atoms with E-state index >= 15 is 0 Å². The van der Waals surface area contributed by atoms with E-state index in [0.717, 1.165) is 34.7 Å². The van der Waals surface area contributed by atoms with E-state index in [1.807, 2.05) is 10.8 Å². The van der Waals surface area contributed by atoms with Crippen molar-refractivity contribution in [1.82, 2.24) is 10.3 Å². The summed E-state index contributed by atoms with van der Waals surface area (Å²) >= 11 is 3.25. The van der Waals surface area contributed by atoms with Gasteiger partial charge in [0.2, 0.25) is 5.91 Å². The Hall–Kier alpha value is -1.98. The molecule has 1 atom stereocenters. The second-order valence-corrected chi connectivity index (χ2v) is 8.75. The summed E-state index contributed by atoms with van der Waals surface area (Å²) in [5.74, 6) is 0.344. The predicted octanol–water partition coefficient (Wildman–Crippen LogP) is 5.88. The highest BCUT2D eigenvalue weighted by atomic mass is 32.1. The summed E-state index contributed by atoms with van der Waals surface area (Å²) in [5, 5.41) is 10.3. The summed E-state index contributed by atoms with van der Waals surface area (Å²) in [5.41, 5.74) is 4.47. The standard InChI is InChI=1S/C22H26N2OS2/c1-4-5-16-6-8-17(9-7-16)21(15(2)3)24-20(25)12-19-14-27-22(23-19)18-10-11-26-13-18/h6-11,13-15,21H,4-5,12H2,1-3H3,(H,24,25). The fourth-order valence-electron chi connectivity index (χ4n) is 3.11. The molecule has 0 saturated carbocycles. The second-order valence-electron chi connectivity index (χ2n) is 7.11. The molecule has 1 N–H and O–H groups in total. The first kappa shape index (κ1) is 19.8. The molecule has 3 aromatic rings. The van der Waals surface area contributed by atoms with Crippen molar-refractivity contribution >= 4 is 28.6 Å². The van der Waals surface area contributed by atoms with Crippen molar-refractivity contribution in [2.45, 2.75) is 46.1 Å². The van der Waals surface area contributed by atoms with Gasteiger partial charge in [0.15, 0.2) is 0 Å². The average molecular weight is 399 g/mol. The largest absolute Gasteiger partial charge is 0.349 e. The van der Waals surface area contributed by atoms with Crippen molar-refractivity contribution in [3.8, 4) is 10.6 Å². The molecule has 2 aromatic heterocycles. The Bertz CT molecular complexity index is 851. The fourth-order valence-corrected chi connectivity index (χ4v) is 4.64. The zero-order chi connectivity index (χ0) is 19.2. The number of carbonyl (C=O) groups excluding carboxylic acids is 1.